The molecule has 27 heavy (non-hydrogen) atoms. The number of nitrogens with zero attached hydrogens (tertiary/aromatic N) is 3. The lowest BCUT2D eigenvalue weighted by molar-refractivity contribution is 0.0240. The van der Waals surface area contributed by atoms with Gasteiger partial charge in [0.25, 0.3) is 0 Å². The van der Waals surface area contributed by atoms with Gasteiger partial charge in [-0.1, -0.05) is 36.4 Å². The molecule has 0 bridgehead atoms. The second kappa shape index (κ2) is 7.96. The zero-order valence-electron chi connectivity index (χ0n) is 16.1. The molecule has 6 heteroatoms. The molecule has 1 amide bonds. The topological polar surface area (TPSA) is 65.9 Å². The normalized spacial score (nSPS) is 16.1. The molecule has 144 valence electrons. The van der Waals surface area contributed by atoms with Crippen LogP contribution in [0.2, 0.25) is 0 Å². The van der Waals surface area contributed by atoms with Gasteiger partial charge in [-0.25, -0.2) is 9.78 Å². The zero-order chi connectivity index (χ0) is 19.4. The first-order valence-corrected chi connectivity index (χ1v) is 9.25. The van der Waals surface area contributed by atoms with Crippen molar-refractivity contribution in [3.05, 3.63) is 59.8 Å². The standard InChI is InChI=1S/C21H27N3O3/c1-21(2,3)27-20(26)24-13-11-23(12-14-24)18-10-9-17(15-22-18)19(25)16-7-5-4-6-8-16/h4-10,15,19,25H,11-14H2,1-3H3/t19-/m0/s1. The van der Waals surface area contributed by atoms with Gasteiger partial charge in [-0.2, -0.15) is 0 Å². The lowest BCUT2D eigenvalue weighted by Gasteiger charge is -2.36. The van der Waals surface area contributed by atoms with Gasteiger partial charge >= 0.3 is 6.09 Å². The summed E-state index contributed by atoms with van der Waals surface area (Å²) >= 11 is 0. The molecule has 1 saturated heterocycles. The average molecular weight is 369 g/mol. The van der Waals surface area contributed by atoms with Crippen LogP contribution in [-0.2, 0) is 4.74 Å². The third-order valence-corrected chi connectivity index (χ3v) is 4.46. The fraction of sp³-hybridized carbons (Fsp3) is 0.429. The maximum absolute atomic E-state index is 12.2. The monoisotopic (exact) mass is 369 g/mol. The predicted octanol–water partition coefficient (Wildman–Crippen LogP) is 3.22. The number of hydrogen-bond acceptors (Lipinski definition) is 5. The summed E-state index contributed by atoms with van der Waals surface area (Å²) in [7, 11) is 0. The lowest BCUT2D eigenvalue weighted by atomic mass is 10.0. The Kier molecular flexibility index (Phi) is 5.65. The quantitative estimate of drug-likeness (QED) is 0.900. The Hall–Kier alpha value is -2.60. The maximum Gasteiger partial charge on any atom is 0.410 e. The van der Waals surface area contributed by atoms with E-state index in [-0.39, 0.29) is 6.09 Å². The largest absolute Gasteiger partial charge is 0.444 e. The molecule has 3 rings (SSSR count). The number of aliphatic hydroxyl groups excluding tert-OH is 1. The third-order valence-electron chi connectivity index (χ3n) is 4.46. The number of aromatic nitrogens is 1. The summed E-state index contributed by atoms with van der Waals surface area (Å²) in [6.07, 6.45) is 0.765. The van der Waals surface area contributed by atoms with Crippen molar-refractivity contribution in [2.75, 3.05) is 31.1 Å². The van der Waals surface area contributed by atoms with Crippen LogP contribution in [0.25, 0.3) is 0 Å². The molecule has 0 radical (unpaired) electrons. The van der Waals surface area contributed by atoms with Gasteiger partial charge in [0.05, 0.1) is 0 Å². The summed E-state index contributed by atoms with van der Waals surface area (Å²) in [6.45, 7) is 8.22. The number of carbonyl (C=O) groups is 1. The molecule has 1 fully saturated rings. The van der Waals surface area contributed by atoms with E-state index in [0.717, 1.165) is 16.9 Å². The SMILES string of the molecule is CC(C)(C)OC(=O)N1CCN(c2ccc([C@@H](O)c3ccccc3)cn2)CC1. The molecule has 0 aliphatic carbocycles. The summed E-state index contributed by atoms with van der Waals surface area (Å²) in [4.78, 5) is 20.5. The summed E-state index contributed by atoms with van der Waals surface area (Å²) in [6, 6.07) is 13.4. The van der Waals surface area contributed by atoms with Gasteiger partial charge in [-0.3, -0.25) is 0 Å². The Labute approximate surface area is 160 Å². The average Bonchev–Trinajstić information content (AvgIpc) is 2.67. The van der Waals surface area contributed by atoms with E-state index in [1.165, 1.54) is 0 Å². The van der Waals surface area contributed by atoms with Gasteiger partial charge in [0.2, 0.25) is 0 Å². The molecule has 1 atom stereocenters. The fourth-order valence-corrected chi connectivity index (χ4v) is 3.02. The van der Waals surface area contributed by atoms with Crippen LogP contribution in [0.3, 0.4) is 0 Å². The van der Waals surface area contributed by atoms with Gasteiger partial charge in [0, 0.05) is 37.9 Å². The highest BCUT2D eigenvalue weighted by molar-refractivity contribution is 5.68. The van der Waals surface area contributed by atoms with Crippen LogP contribution in [0.1, 0.15) is 38.0 Å². The van der Waals surface area contributed by atoms with Crippen LogP contribution in [-0.4, -0.2) is 52.9 Å². The minimum absolute atomic E-state index is 0.267. The van der Waals surface area contributed by atoms with Crippen molar-refractivity contribution in [2.45, 2.75) is 32.5 Å². The minimum atomic E-state index is -0.684. The second-order valence-corrected chi connectivity index (χ2v) is 7.72. The number of pyridine rings is 1. The van der Waals surface area contributed by atoms with E-state index in [1.807, 2.05) is 63.2 Å². The summed E-state index contributed by atoms with van der Waals surface area (Å²) in [5.74, 6) is 0.850. The molecule has 0 saturated carbocycles. The van der Waals surface area contributed by atoms with E-state index < -0.39 is 11.7 Å². The molecular weight excluding hydrogens is 342 g/mol. The molecule has 1 aromatic carbocycles. The van der Waals surface area contributed by atoms with Crippen LogP contribution in [0.15, 0.2) is 48.7 Å². The van der Waals surface area contributed by atoms with Crippen LogP contribution in [0, 0.1) is 0 Å². The first-order valence-electron chi connectivity index (χ1n) is 9.25. The van der Waals surface area contributed by atoms with E-state index in [9.17, 15) is 9.90 Å². The van der Waals surface area contributed by atoms with Crippen molar-refractivity contribution in [3.63, 3.8) is 0 Å². The molecule has 1 aliphatic rings. The Balaban J connectivity index is 1.58. The highest BCUT2D eigenvalue weighted by Gasteiger charge is 2.26. The molecular formula is C21H27N3O3. The Morgan fingerprint density at radius 3 is 2.26 bits per heavy atom. The highest BCUT2D eigenvalue weighted by atomic mass is 16.6. The summed E-state index contributed by atoms with van der Waals surface area (Å²) < 4.78 is 5.43. The molecule has 2 aromatic rings. The number of benzene rings is 1. The van der Waals surface area contributed by atoms with Crippen LogP contribution in [0.4, 0.5) is 10.6 Å². The number of piperazine rings is 1. The third kappa shape index (κ3) is 4.98. The molecule has 1 aromatic heterocycles. The van der Waals surface area contributed by atoms with Gasteiger partial charge in [-0.05, 0) is 32.4 Å². The number of ether oxygens (including phenoxy) is 1. The number of amides is 1. The van der Waals surface area contributed by atoms with E-state index in [1.54, 1.807) is 11.1 Å². The minimum Gasteiger partial charge on any atom is -0.444 e. The van der Waals surface area contributed by atoms with Crippen molar-refractivity contribution >= 4 is 11.9 Å². The second-order valence-electron chi connectivity index (χ2n) is 7.72. The number of aliphatic hydroxyl groups is 1. The molecule has 1 aliphatic heterocycles. The molecule has 2 heterocycles. The molecule has 6 nitrogen and oxygen atoms in total. The van der Waals surface area contributed by atoms with Crippen molar-refractivity contribution in [1.29, 1.82) is 0 Å². The highest BCUT2D eigenvalue weighted by Crippen LogP contribution is 2.23. The maximum atomic E-state index is 12.2. The van der Waals surface area contributed by atoms with Crippen LogP contribution in [0.5, 0.6) is 0 Å². The molecule has 1 N–H and O–H groups in total. The molecule has 0 spiro atoms. The van der Waals surface area contributed by atoms with E-state index in [2.05, 4.69) is 9.88 Å². The number of carbonyl (C=O) groups excluding carboxylic acids is 1. The first-order chi connectivity index (χ1) is 12.8. The van der Waals surface area contributed by atoms with Gasteiger partial charge < -0.3 is 19.6 Å². The first kappa shape index (κ1) is 19.2. The predicted molar refractivity (Wildman–Crippen MR) is 105 cm³/mol. The van der Waals surface area contributed by atoms with E-state index in [4.69, 9.17) is 4.74 Å². The Morgan fingerprint density at radius 2 is 1.70 bits per heavy atom. The van der Waals surface area contributed by atoms with Crippen LogP contribution < -0.4 is 4.90 Å². The molecule has 0 unspecified atom stereocenters. The van der Waals surface area contributed by atoms with E-state index >= 15 is 0 Å². The number of rotatable bonds is 3. The number of hydrogen-bond donors (Lipinski definition) is 1. The summed E-state index contributed by atoms with van der Waals surface area (Å²) in [5.41, 5.74) is 1.13. The Morgan fingerprint density at radius 1 is 1.04 bits per heavy atom. The zero-order valence-corrected chi connectivity index (χ0v) is 16.1. The van der Waals surface area contributed by atoms with Gasteiger partial charge in [0.15, 0.2) is 0 Å². The van der Waals surface area contributed by atoms with Gasteiger partial charge in [0.1, 0.15) is 17.5 Å². The van der Waals surface area contributed by atoms with Crippen molar-refractivity contribution < 1.29 is 14.6 Å². The Bertz CT molecular complexity index is 748. The van der Waals surface area contributed by atoms with Crippen molar-refractivity contribution in [3.8, 4) is 0 Å². The van der Waals surface area contributed by atoms with Crippen molar-refractivity contribution in [2.24, 2.45) is 0 Å². The lowest BCUT2D eigenvalue weighted by Crippen LogP contribution is -2.50. The van der Waals surface area contributed by atoms with Crippen LogP contribution >= 0.6 is 0 Å². The number of anilines is 1. The van der Waals surface area contributed by atoms with E-state index in [0.29, 0.717) is 26.2 Å². The smallest absolute Gasteiger partial charge is 0.410 e. The fourth-order valence-electron chi connectivity index (χ4n) is 3.02. The summed E-state index contributed by atoms with van der Waals surface area (Å²) in [5, 5.41) is 10.5. The van der Waals surface area contributed by atoms with Crippen molar-refractivity contribution in [1.82, 2.24) is 9.88 Å². The van der Waals surface area contributed by atoms with Gasteiger partial charge in [-0.15, -0.1) is 0 Å².